The predicted octanol–water partition coefficient (Wildman–Crippen LogP) is 6.88. The fourth-order valence-electron chi connectivity index (χ4n) is 3.43. The Bertz CT molecular complexity index is 659. The fraction of sp³-hybridized carbons (Fsp3) is 0.643. The number of hydrogen-bond acceptors (Lipinski definition) is 6. The highest BCUT2D eigenvalue weighted by atomic mass is 16.5. The third kappa shape index (κ3) is 12.9. The number of nitrogens with zero attached hydrogens (tertiary/aromatic N) is 2. The summed E-state index contributed by atoms with van der Waals surface area (Å²) in [4.78, 5) is 8.91. The van der Waals surface area contributed by atoms with Gasteiger partial charge in [0.2, 0.25) is 0 Å². The molecule has 1 heterocycles. The van der Waals surface area contributed by atoms with Gasteiger partial charge in [0.05, 0.1) is 25.6 Å². The lowest BCUT2D eigenvalue weighted by Crippen LogP contribution is -2.00. The van der Waals surface area contributed by atoms with E-state index in [1.165, 1.54) is 19.3 Å². The lowest BCUT2D eigenvalue weighted by atomic mass is 10.2. The molecule has 2 aromatic rings. The van der Waals surface area contributed by atoms with Crippen molar-refractivity contribution in [3.8, 4) is 22.9 Å². The van der Waals surface area contributed by atoms with Crippen molar-refractivity contribution in [2.24, 2.45) is 0 Å². The molecule has 0 radical (unpaired) electrons. The quantitative estimate of drug-likeness (QED) is 0.185. The van der Waals surface area contributed by atoms with Crippen molar-refractivity contribution in [1.29, 1.82) is 0 Å². The molecule has 0 N–H and O–H groups in total. The van der Waals surface area contributed by atoms with Gasteiger partial charge in [0.15, 0.2) is 11.6 Å². The van der Waals surface area contributed by atoms with Crippen LogP contribution in [0.1, 0.15) is 78.1 Å². The molecule has 1 aromatic carbocycles. The summed E-state index contributed by atoms with van der Waals surface area (Å²) in [6, 6.07) is 7.96. The van der Waals surface area contributed by atoms with Crippen LogP contribution in [0.15, 0.2) is 36.7 Å². The van der Waals surface area contributed by atoms with Crippen molar-refractivity contribution in [3.63, 3.8) is 0 Å². The van der Waals surface area contributed by atoms with Crippen molar-refractivity contribution in [2.45, 2.75) is 78.1 Å². The first-order valence-electron chi connectivity index (χ1n) is 13.2. The van der Waals surface area contributed by atoms with E-state index in [9.17, 15) is 0 Å². The summed E-state index contributed by atoms with van der Waals surface area (Å²) >= 11 is 0. The van der Waals surface area contributed by atoms with E-state index in [-0.39, 0.29) is 0 Å². The molecule has 6 nitrogen and oxygen atoms in total. The molecule has 0 aliphatic rings. The van der Waals surface area contributed by atoms with Crippen molar-refractivity contribution < 1.29 is 18.9 Å². The van der Waals surface area contributed by atoms with Gasteiger partial charge >= 0.3 is 0 Å². The van der Waals surface area contributed by atoms with E-state index in [1.54, 1.807) is 12.4 Å². The fourth-order valence-corrected chi connectivity index (χ4v) is 3.43. The average Bonchev–Trinajstić information content (AvgIpc) is 2.87. The number of rotatable bonds is 21. The van der Waals surface area contributed by atoms with Crippen LogP contribution < -0.4 is 9.47 Å². The first-order valence-corrected chi connectivity index (χ1v) is 13.2. The van der Waals surface area contributed by atoms with Gasteiger partial charge in [-0.1, -0.05) is 26.7 Å². The third-order valence-corrected chi connectivity index (χ3v) is 5.34. The minimum Gasteiger partial charge on any atom is -0.494 e. The Labute approximate surface area is 206 Å². The van der Waals surface area contributed by atoms with Crippen molar-refractivity contribution >= 4 is 0 Å². The second-order valence-electron chi connectivity index (χ2n) is 8.52. The highest BCUT2D eigenvalue weighted by molar-refractivity contribution is 5.56. The Morgan fingerprint density at radius 2 is 1.00 bits per heavy atom. The van der Waals surface area contributed by atoms with Crippen LogP contribution in [-0.4, -0.2) is 49.6 Å². The predicted molar refractivity (Wildman–Crippen MR) is 138 cm³/mol. The maximum Gasteiger partial charge on any atom is 0.159 e. The van der Waals surface area contributed by atoms with Gasteiger partial charge in [-0.3, -0.25) is 0 Å². The van der Waals surface area contributed by atoms with Gasteiger partial charge in [-0.2, -0.15) is 0 Å². The summed E-state index contributed by atoms with van der Waals surface area (Å²) in [6.45, 7) is 9.19. The van der Waals surface area contributed by atoms with Crippen LogP contribution in [0.2, 0.25) is 0 Å². The third-order valence-electron chi connectivity index (χ3n) is 5.34. The molecule has 0 spiro atoms. The second-order valence-corrected chi connectivity index (χ2v) is 8.52. The maximum absolute atomic E-state index is 5.86. The Hall–Kier alpha value is -2.18. The maximum atomic E-state index is 5.86. The molecule has 0 aliphatic heterocycles. The summed E-state index contributed by atoms with van der Waals surface area (Å²) in [7, 11) is 0. The van der Waals surface area contributed by atoms with Gasteiger partial charge in [0, 0.05) is 32.0 Å². The van der Waals surface area contributed by atoms with Crippen LogP contribution in [0.25, 0.3) is 11.4 Å². The van der Waals surface area contributed by atoms with Crippen molar-refractivity contribution in [3.05, 3.63) is 36.7 Å². The molecule has 2 rings (SSSR count). The van der Waals surface area contributed by atoms with Gasteiger partial charge in [-0.15, -0.1) is 0 Å². The van der Waals surface area contributed by atoms with Gasteiger partial charge in [0.25, 0.3) is 0 Å². The summed E-state index contributed by atoms with van der Waals surface area (Å²) in [6.07, 6.45) is 14.7. The summed E-state index contributed by atoms with van der Waals surface area (Å²) in [5.41, 5.74) is 0.969. The van der Waals surface area contributed by atoms with Crippen LogP contribution in [0.5, 0.6) is 11.5 Å². The van der Waals surface area contributed by atoms with E-state index >= 15 is 0 Å². The van der Waals surface area contributed by atoms with Crippen molar-refractivity contribution in [2.75, 3.05) is 39.6 Å². The number of hydrogen-bond donors (Lipinski definition) is 0. The second kappa shape index (κ2) is 19.2. The average molecular weight is 473 g/mol. The zero-order chi connectivity index (χ0) is 24.1. The molecule has 0 fully saturated rings. The molecular weight excluding hydrogens is 428 g/mol. The summed E-state index contributed by atoms with van der Waals surface area (Å²) in [5.74, 6) is 2.29. The molecule has 0 aliphatic carbocycles. The smallest absolute Gasteiger partial charge is 0.159 e. The monoisotopic (exact) mass is 472 g/mol. The topological polar surface area (TPSA) is 62.7 Å². The molecule has 6 heteroatoms. The lowest BCUT2D eigenvalue weighted by molar-refractivity contribution is 0.130. The molecule has 0 amide bonds. The normalized spacial score (nSPS) is 11.0. The first kappa shape index (κ1) is 28.1. The zero-order valence-electron chi connectivity index (χ0n) is 21.3. The summed E-state index contributed by atoms with van der Waals surface area (Å²) in [5, 5.41) is 0. The van der Waals surface area contributed by atoms with E-state index in [0.29, 0.717) is 18.2 Å². The number of aromatic nitrogens is 2. The number of benzene rings is 1. The molecule has 0 atom stereocenters. The largest absolute Gasteiger partial charge is 0.494 e. The standard InChI is InChI=1S/C28H44N2O4/c1-3-17-31-19-9-5-7-11-21-33-26-15-13-25(14-16-26)28-29-23-27(24-30-28)34-22-12-8-6-10-20-32-18-4-2/h13-16,23-24H,3-12,17-22H2,1-2H3. The van der Waals surface area contributed by atoms with Crippen LogP contribution in [0, 0.1) is 0 Å². The Kier molecular flexibility index (Phi) is 15.8. The van der Waals surface area contributed by atoms with Gasteiger partial charge in [-0.25, -0.2) is 9.97 Å². The van der Waals surface area contributed by atoms with Gasteiger partial charge in [0.1, 0.15) is 5.75 Å². The number of ether oxygens (including phenoxy) is 4. The molecule has 0 saturated carbocycles. The minimum atomic E-state index is 0.691. The van der Waals surface area contributed by atoms with Gasteiger partial charge < -0.3 is 18.9 Å². The van der Waals surface area contributed by atoms with Crippen LogP contribution in [0.4, 0.5) is 0 Å². The zero-order valence-corrected chi connectivity index (χ0v) is 21.3. The minimum absolute atomic E-state index is 0.691. The van der Waals surface area contributed by atoms with Gasteiger partial charge in [-0.05, 0) is 75.6 Å². The van der Waals surface area contributed by atoms with E-state index < -0.39 is 0 Å². The summed E-state index contributed by atoms with van der Waals surface area (Å²) < 4.78 is 22.6. The van der Waals surface area contributed by atoms with E-state index in [2.05, 4.69) is 23.8 Å². The van der Waals surface area contributed by atoms with E-state index in [1.807, 2.05) is 24.3 Å². The number of unbranched alkanes of at least 4 members (excludes halogenated alkanes) is 6. The van der Waals surface area contributed by atoms with E-state index in [4.69, 9.17) is 18.9 Å². The molecule has 190 valence electrons. The van der Waals surface area contributed by atoms with Crippen LogP contribution in [0.3, 0.4) is 0 Å². The molecule has 0 saturated heterocycles. The highest BCUT2D eigenvalue weighted by Gasteiger charge is 2.03. The SMILES string of the molecule is CCCOCCCCCCOc1ccc(-c2ncc(OCCCCCCOCCC)cn2)cc1. The molecule has 0 unspecified atom stereocenters. The Morgan fingerprint density at radius 3 is 1.50 bits per heavy atom. The molecular formula is C28H44N2O4. The first-order chi connectivity index (χ1) is 16.8. The Morgan fingerprint density at radius 1 is 0.529 bits per heavy atom. The van der Waals surface area contributed by atoms with Crippen LogP contribution in [-0.2, 0) is 9.47 Å². The highest BCUT2D eigenvalue weighted by Crippen LogP contribution is 2.21. The molecule has 34 heavy (non-hydrogen) atoms. The lowest BCUT2D eigenvalue weighted by Gasteiger charge is -2.08. The van der Waals surface area contributed by atoms with Crippen molar-refractivity contribution in [1.82, 2.24) is 9.97 Å². The molecule has 1 aromatic heterocycles. The van der Waals surface area contributed by atoms with E-state index in [0.717, 1.165) is 89.3 Å². The molecule has 0 bridgehead atoms. The Balaban J connectivity index is 1.57. The van der Waals surface area contributed by atoms with Crippen LogP contribution >= 0.6 is 0 Å².